The van der Waals surface area contributed by atoms with E-state index in [9.17, 15) is 0 Å². The Balaban J connectivity index is 2.56. The van der Waals surface area contributed by atoms with Crippen LogP contribution in [0.5, 0.6) is 11.5 Å². The summed E-state index contributed by atoms with van der Waals surface area (Å²) in [7, 11) is 3.41. The quantitative estimate of drug-likeness (QED) is 0.661. The molecule has 0 bridgehead atoms. The number of hydrogen-bond acceptors (Lipinski definition) is 2. The monoisotopic (exact) mass is 296 g/mol. The van der Waals surface area contributed by atoms with Gasteiger partial charge in [-0.25, -0.2) is 0 Å². The molecule has 0 spiro atoms. The van der Waals surface area contributed by atoms with Crippen molar-refractivity contribution in [3.63, 3.8) is 0 Å². The summed E-state index contributed by atoms with van der Waals surface area (Å²) in [6.07, 6.45) is 1.96. The highest BCUT2D eigenvalue weighted by atomic mass is 16.5. The van der Waals surface area contributed by atoms with Crippen LogP contribution in [0.1, 0.15) is 37.8 Å². The van der Waals surface area contributed by atoms with E-state index in [2.05, 4.69) is 38.1 Å². The van der Waals surface area contributed by atoms with Crippen LogP contribution in [-0.4, -0.2) is 14.2 Å². The average Bonchev–Trinajstić information content (AvgIpc) is 2.59. The Hall–Kier alpha value is -2.22. The van der Waals surface area contributed by atoms with E-state index in [1.807, 2.05) is 24.3 Å². The molecule has 0 aliphatic rings. The highest BCUT2D eigenvalue weighted by Gasteiger charge is 2.10. The van der Waals surface area contributed by atoms with Gasteiger partial charge in [-0.05, 0) is 59.4 Å². The molecule has 0 radical (unpaired) electrons. The van der Waals surface area contributed by atoms with Crippen LogP contribution in [-0.2, 0) is 0 Å². The maximum absolute atomic E-state index is 5.36. The summed E-state index contributed by atoms with van der Waals surface area (Å²) in [5.74, 6) is 1.79. The lowest BCUT2D eigenvalue weighted by Gasteiger charge is -2.15. The highest BCUT2D eigenvalue weighted by molar-refractivity contribution is 5.91. The van der Waals surface area contributed by atoms with Gasteiger partial charge in [0, 0.05) is 0 Å². The molecule has 2 aromatic carbocycles. The minimum atomic E-state index is 0.893. The van der Waals surface area contributed by atoms with E-state index in [4.69, 9.17) is 9.47 Å². The van der Waals surface area contributed by atoms with Crippen molar-refractivity contribution < 1.29 is 9.47 Å². The molecule has 0 aliphatic carbocycles. The molecule has 0 aromatic heterocycles. The van der Waals surface area contributed by atoms with Crippen LogP contribution in [0.25, 0.3) is 11.1 Å². The molecular formula is C20H24O2. The average molecular weight is 296 g/mol. The van der Waals surface area contributed by atoms with E-state index in [-0.39, 0.29) is 0 Å². The molecule has 2 nitrogen and oxygen atoms in total. The SMILES string of the molecule is CC/C(=C(\CC)c1cccc(OC)c1)c1cccc(OC)c1. The fraction of sp³-hybridized carbons (Fsp3) is 0.300. The summed E-state index contributed by atoms with van der Waals surface area (Å²) in [5, 5.41) is 0. The first-order valence-electron chi connectivity index (χ1n) is 7.74. The third kappa shape index (κ3) is 3.51. The Morgan fingerprint density at radius 2 is 1.14 bits per heavy atom. The first-order chi connectivity index (χ1) is 10.7. The minimum absolute atomic E-state index is 0.893. The molecule has 0 atom stereocenters. The molecule has 0 amide bonds. The lowest BCUT2D eigenvalue weighted by atomic mass is 9.91. The van der Waals surface area contributed by atoms with Crippen LogP contribution in [0, 0.1) is 0 Å². The van der Waals surface area contributed by atoms with Crippen LogP contribution < -0.4 is 9.47 Å². The molecule has 2 heteroatoms. The second-order valence-electron chi connectivity index (χ2n) is 5.13. The number of rotatable bonds is 6. The largest absolute Gasteiger partial charge is 0.497 e. The smallest absolute Gasteiger partial charge is 0.119 e. The zero-order valence-corrected chi connectivity index (χ0v) is 13.8. The van der Waals surface area contributed by atoms with E-state index in [1.54, 1.807) is 14.2 Å². The number of ether oxygens (including phenoxy) is 2. The van der Waals surface area contributed by atoms with Crippen LogP contribution in [0.4, 0.5) is 0 Å². The number of allylic oxidation sites excluding steroid dienone is 2. The van der Waals surface area contributed by atoms with Gasteiger partial charge in [0.25, 0.3) is 0 Å². The molecule has 2 rings (SSSR count). The predicted molar refractivity (Wildman–Crippen MR) is 93.4 cm³/mol. The highest BCUT2D eigenvalue weighted by Crippen LogP contribution is 2.33. The fourth-order valence-electron chi connectivity index (χ4n) is 2.81. The van der Waals surface area contributed by atoms with E-state index in [0.717, 1.165) is 24.3 Å². The van der Waals surface area contributed by atoms with Gasteiger partial charge in [0.1, 0.15) is 11.5 Å². The molecular weight excluding hydrogens is 272 g/mol. The van der Waals surface area contributed by atoms with Crippen LogP contribution in [0.3, 0.4) is 0 Å². The van der Waals surface area contributed by atoms with Crippen molar-refractivity contribution in [3.05, 3.63) is 59.7 Å². The lowest BCUT2D eigenvalue weighted by Crippen LogP contribution is -1.93. The van der Waals surface area contributed by atoms with Gasteiger partial charge in [0.15, 0.2) is 0 Å². The van der Waals surface area contributed by atoms with Crippen LogP contribution in [0.2, 0.25) is 0 Å². The first-order valence-corrected chi connectivity index (χ1v) is 7.74. The van der Waals surface area contributed by atoms with Crippen LogP contribution >= 0.6 is 0 Å². The predicted octanol–water partition coefficient (Wildman–Crippen LogP) is 5.43. The van der Waals surface area contributed by atoms with Crippen molar-refractivity contribution in [1.82, 2.24) is 0 Å². The second kappa shape index (κ2) is 7.69. The number of hydrogen-bond donors (Lipinski definition) is 0. The standard InChI is InChI=1S/C20H24O2/c1-5-19(15-9-7-11-17(13-15)21-3)20(6-2)16-10-8-12-18(14-16)22-4/h7-14H,5-6H2,1-4H3/b20-19-. The Morgan fingerprint density at radius 3 is 1.45 bits per heavy atom. The normalized spacial score (nSPS) is 11.8. The summed E-state index contributed by atoms with van der Waals surface area (Å²) in [4.78, 5) is 0. The Morgan fingerprint density at radius 1 is 0.727 bits per heavy atom. The van der Waals surface area contributed by atoms with Gasteiger partial charge in [0.05, 0.1) is 14.2 Å². The molecule has 0 saturated heterocycles. The third-order valence-corrected chi connectivity index (χ3v) is 3.91. The Labute approximate surface area is 133 Å². The molecule has 0 fully saturated rings. The van der Waals surface area contributed by atoms with Gasteiger partial charge in [-0.2, -0.15) is 0 Å². The van der Waals surface area contributed by atoms with Crippen molar-refractivity contribution in [1.29, 1.82) is 0 Å². The third-order valence-electron chi connectivity index (χ3n) is 3.91. The molecule has 0 N–H and O–H groups in total. The second-order valence-corrected chi connectivity index (χ2v) is 5.13. The van der Waals surface area contributed by atoms with Gasteiger partial charge in [0.2, 0.25) is 0 Å². The van der Waals surface area contributed by atoms with Crippen LogP contribution in [0.15, 0.2) is 48.5 Å². The van der Waals surface area contributed by atoms with Crippen molar-refractivity contribution in [2.45, 2.75) is 26.7 Å². The van der Waals surface area contributed by atoms with Gasteiger partial charge in [-0.15, -0.1) is 0 Å². The molecule has 116 valence electrons. The van der Waals surface area contributed by atoms with Gasteiger partial charge >= 0.3 is 0 Å². The van der Waals surface area contributed by atoms with Crippen molar-refractivity contribution in [3.8, 4) is 11.5 Å². The number of methoxy groups -OCH3 is 2. The van der Waals surface area contributed by atoms with Crippen molar-refractivity contribution >= 4 is 11.1 Å². The summed E-state index contributed by atoms with van der Waals surface area (Å²) >= 11 is 0. The van der Waals surface area contributed by atoms with E-state index in [1.165, 1.54) is 22.3 Å². The minimum Gasteiger partial charge on any atom is -0.497 e. The summed E-state index contributed by atoms with van der Waals surface area (Å²) in [6, 6.07) is 16.6. The van der Waals surface area contributed by atoms with Gasteiger partial charge in [-0.1, -0.05) is 38.1 Å². The zero-order valence-electron chi connectivity index (χ0n) is 13.8. The molecule has 0 unspecified atom stereocenters. The molecule has 22 heavy (non-hydrogen) atoms. The van der Waals surface area contributed by atoms with Crippen molar-refractivity contribution in [2.24, 2.45) is 0 Å². The Kier molecular flexibility index (Phi) is 5.65. The summed E-state index contributed by atoms with van der Waals surface area (Å²) < 4.78 is 10.7. The van der Waals surface area contributed by atoms with Crippen molar-refractivity contribution in [2.75, 3.05) is 14.2 Å². The van der Waals surface area contributed by atoms with Gasteiger partial charge < -0.3 is 9.47 Å². The topological polar surface area (TPSA) is 18.5 Å². The zero-order chi connectivity index (χ0) is 15.9. The molecule has 2 aromatic rings. The molecule has 0 aliphatic heterocycles. The number of benzene rings is 2. The first kappa shape index (κ1) is 16.2. The Bertz CT molecular complexity index is 599. The maximum Gasteiger partial charge on any atom is 0.119 e. The fourth-order valence-corrected chi connectivity index (χ4v) is 2.81. The molecule has 0 heterocycles. The molecule has 0 saturated carbocycles. The van der Waals surface area contributed by atoms with Gasteiger partial charge in [-0.3, -0.25) is 0 Å². The van der Waals surface area contributed by atoms with E-state index >= 15 is 0 Å². The van der Waals surface area contributed by atoms with E-state index < -0.39 is 0 Å². The summed E-state index contributed by atoms with van der Waals surface area (Å²) in [5.41, 5.74) is 5.16. The maximum atomic E-state index is 5.36. The summed E-state index contributed by atoms with van der Waals surface area (Å²) in [6.45, 7) is 4.40. The lowest BCUT2D eigenvalue weighted by molar-refractivity contribution is 0.414. The van der Waals surface area contributed by atoms with E-state index in [0.29, 0.717) is 0 Å².